The molecule has 1 N–H and O–H groups in total. The molecule has 0 aliphatic rings. The topological polar surface area (TPSA) is 81.4 Å². The molecule has 1 heterocycles. The van der Waals surface area contributed by atoms with Crippen LogP contribution in [0.15, 0.2) is 54.7 Å². The maximum absolute atomic E-state index is 12.8. The van der Waals surface area contributed by atoms with Gasteiger partial charge in [-0.25, -0.2) is 9.78 Å². The van der Waals surface area contributed by atoms with E-state index in [-0.39, 0.29) is 11.4 Å². The minimum atomic E-state index is -4.47. The summed E-state index contributed by atoms with van der Waals surface area (Å²) in [5.74, 6) is -0.880. The molecular formula is C24H23F3N2O4. The Morgan fingerprint density at radius 1 is 1.15 bits per heavy atom. The van der Waals surface area contributed by atoms with Crippen LogP contribution in [0.3, 0.4) is 0 Å². The number of ketones is 1. The lowest BCUT2D eigenvalue weighted by Gasteiger charge is -2.12. The first-order valence-electron chi connectivity index (χ1n) is 10.3. The van der Waals surface area contributed by atoms with Crippen molar-refractivity contribution in [1.82, 2.24) is 9.55 Å². The number of carboxylic acid groups (broad SMARTS) is 1. The van der Waals surface area contributed by atoms with E-state index in [4.69, 9.17) is 9.84 Å². The van der Waals surface area contributed by atoms with Gasteiger partial charge in [-0.1, -0.05) is 24.3 Å². The molecule has 0 saturated carbocycles. The molecule has 0 fully saturated rings. The van der Waals surface area contributed by atoms with Crippen LogP contribution in [0.25, 0.3) is 0 Å². The van der Waals surface area contributed by atoms with Crippen LogP contribution in [0.4, 0.5) is 13.2 Å². The Morgan fingerprint density at radius 2 is 1.85 bits per heavy atom. The highest BCUT2D eigenvalue weighted by molar-refractivity contribution is 6.06. The Balaban J connectivity index is 1.67. The lowest BCUT2D eigenvalue weighted by atomic mass is 10.1. The summed E-state index contributed by atoms with van der Waals surface area (Å²) >= 11 is 0. The molecule has 1 atom stereocenters. The van der Waals surface area contributed by atoms with Gasteiger partial charge >= 0.3 is 12.1 Å². The second-order valence-corrected chi connectivity index (χ2v) is 7.65. The summed E-state index contributed by atoms with van der Waals surface area (Å²) in [5.41, 5.74) is 0.885. The summed E-state index contributed by atoms with van der Waals surface area (Å²) in [6.45, 7) is 3.66. The maximum atomic E-state index is 12.8. The number of carboxylic acids is 1. The second kappa shape index (κ2) is 9.89. The van der Waals surface area contributed by atoms with Crippen molar-refractivity contribution < 1.29 is 32.6 Å². The lowest BCUT2D eigenvalue weighted by Crippen LogP contribution is -2.22. The highest BCUT2D eigenvalue weighted by Gasteiger charge is 2.30. The first kappa shape index (κ1) is 24.0. The van der Waals surface area contributed by atoms with Crippen LogP contribution in [0, 0.1) is 6.92 Å². The van der Waals surface area contributed by atoms with E-state index in [0.717, 1.165) is 29.8 Å². The molecule has 6 nitrogen and oxygen atoms in total. The van der Waals surface area contributed by atoms with Crippen molar-refractivity contribution in [3.05, 3.63) is 82.9 Å². The van der Waals surface area contributed by atoms with E-state index in [1.165, 1.54) is 6.92 Å². The summed E-state index contributed by atoms with van der Waals surface area (Å²) in [6.07, 6.45) is -2.41. The Kier molecular flexibility index (Phi) is 7.20. The molecule has 3 aromatic rings. The quantitative estimate of drug-likeness (QED) is 0.458. The minimum absolute atomic E-state index is 0.132. The number of carbonyl (C=O) groups is 2. The van der Waals surface area contributed by atoms with Crippen molar-refractivity contribution in [3.63, 3.8) is 0 Å². The minimum Gasteiger partial charge on any atom is -0.479 e. The predicted octanol–water partition coefficient (Wildman–Crippen LogP) is 4.93. The number of aryl methyl sites for hydroxylation is 3. The standard InChI is InChI=1S/C24H23F3N2O4/c1-15-14-29(12-4-6-17-5-3-7-20(13-17)33-16(2)23(31)32)22(28-15)21(30)18-8-10-19(11-9-18)24(25,26)27/h3,5,7-11,13-14,16H,4,6,12H2,1-2H3,(H,31,32). The fourth-order valence-electron chi connectivity index (χ4n) is 3.32. The number of hydrogen-bond donors (Lipinski definition) is 1. The molecule has 1 unspecified atom stereocenters. The van der Waals surface area contributed by atoms with E-state index in [2.05, 4.69) is 4.98 Å². The number of carbonyl (C=O) groups excluding carboxylic acids is 1. The first-order chi connectivity index (χ1) is 15.5. The normalized spacial score (nSPS) is 12.4. The Morgan fingerprint density at radius 3 is 2.48 bits per heavy atom. The average Bonchev–Trinajstić information content (AvgIpc) is 3.13. The first-order valence-corrected chi connectivity index (χ1v) is 10.3. The fourth-order valence-corrected chi connectivity index (χ4v) is 3.32. The average molecular weight is 460 g/mol. The van der Waals surface area contributed by atoms with Crippen LogP contribution in [0.5, 0.6) is 5.75 Å². The molecule has 33 heavy (non-hydrogen) atoms. The summed E-state index contributed by atoms with van der Waals surface area (Å²) in [5, 5.41) is 8.97. The molecule has 0 amide bonds. The number of aromatic nitrogens is 2. The van der Waals surface area contributed by atoms with Crippen molar-refractivity contribution in [2.75, 3.05) is 0 Å². The molecule has 9 heteroatoms. The van der Waals surface area contributed by atoms with Crippen LogP contribution in [0.1, 0.15) is 46.3 Å². The summed E-state index contributed by atoms with van der Waals surface area (Å²) in [6, 6.07) is 11.2. The van der Waals surface area contributed by atoms with E-state index in [1.54, 1.807) is 35.9 Å². The Hall–Kier alpha value is -3.62. The molecule has 174 valence electrons. The third-order valence-corrected chi connectivity index (χ3v) is 5.00. The molecule has 0 aliphatic heterocycles. The summed E-state index contributed by atoms with van der Waals surface area (Å²) < 4.78 is 45.4. The number of benzene rings is 2. The molecule has 2 aromatic carbocycles. The van der Waals surface area contributed by atoms with Gasteiger partial charge in [0.25, 0.3) is 0 Å². The molecule has 1 aromatic heterocycles. The SMILES string of the molecule is Cc1cn(CCCc2cccc(OC(C)C(=O)O)c2)c(C(=O)c2ccc(C(F)(F)F)cc2)n1. The number of alkyl halides is 3. The van der Waals surface area contributed by atoms with E-state index in [0.29, 0.717) is 30.8 Å². The van der Waals surface area contributed by atoms with Crippen molar-refractivity contribution in [3.8, 4) is 5.75 Å². The zero-order valence-electron chi connectivity index (χ0n) is 18.1. The van der Waals surface area contributed by atoms with E-state index >= 15 is 0 Å². The van der Waals surface area contributed by atoms with Gasteiger partial charge in [-0.05, 0) is 56.5 Å². The van der Waals surface area contributed by atoms with Gasteiger partial charge < -0.3 is 14.4 Å². The van der Waals surface area contributed by atoms with Crippen LogP contribution in [-0.2, 0) is 23.9 Å². The highest BCUT2D eigenvalue weighted by Crippen LogP contribution is 2.29. The van der Waals surface area contributed by atoms with E-state index < -0.39 is 29.6 Å². The van der Waals surface area contributed by atoms with E-state index in [9.17, 15) is 22.8 Å². The van der Waals surface area contributed by atoms with Crippen molar-refractivity contribution in [2.45, 2.75) is 45.5 Å². The third kappa shape index (κ3) is 6.21. The molecule has 0 bridgehead atoms. The van der Waals surface area contributed by atoms with Gasteiger partial charge in [0.2, 0.25) is 5.78 Å². The Bertz CT molecular complexity index is 1140. The Labute approximate surface area is 188 Å². The largest absolute Gasteiger partial charge is 0.479 e. The molecule has 0 spiro atoms. The van der Waals surface area contributed by atoms with Gasteiger partial charge in [0.05, 0.1) is 11.3 Å². The summed E-state index contributed by atoms with van der Waals surface area (Å²) in [7, 11) is 0. The summed E-state index contributed by atoms with van der Waals surface area (Å²) in [4.78, 5) is 28.1. The lowest BCUT2D eigenvalue weighted by molar-refractivity contribution is -0.144. The van der Waals surface area contributed by atoms with E-state index in [1.807, 2.05) is 6.07 Å². The monoisotopic (exact) mass is 460 g/mol. The zero-order valence-corrected chi connectivity index (χ0v) is 18.1. The van der Waals surface area contributed by atoms with Gasteiger partial charge in [0.1, 0.15) is 5.75 Å². The molecule has 0 saturated heterocycles. The molecular weight excluding hydrogens is 437 g/mol. The number of aliphatic carboxylic acids is 1. The number of halogens is 3. The molecule has 0 radical (unpaired) electrons. The number of hydrogen-bond acceptors (Lipinski definition) is 4. The number of nitrogens with zero attached hydrogens (tertiary/aromatic N) is 2. The smallest absolute Gasteiger partial charge is 0.416 e. The molecule has 0 aliphatic carbocycles. The van der Waals surface area contributed by atoms with Gasteiger partial charge in [0.15, 0.2) is 11.9 Å². The van der Waals surface area contributed by atoms with Crippen LogP contribution < -0.4 is 4.74 Å². The van der Waals surface area contributed by atoms with Crippen LogP contribution in [-0.4, -0.2) is 32.5 Å². The molecule has 3 rings (SSSR count). The zero-order chi connectivity index (χ0) is 24.2. The number of ether oxygens (including phenoxy) is 1. The second-order valence-electron chi connectivity index (χ2n) is 7.65. The van der Waals surface area contributed by atoms with Crippen LogP contribution >= 0.6 is 0 Å². The predicted molar refractivity (Wildman–Crippen MR) is 114 cm³/mol. The number of imidazole rings is 1. The number of rotatable bonds is 9. The van der Waals surface area contributed by atoms with Gasteiger partial charge in [0, 0.05) is 18.3 Å². The third-order valence-electron chi connectivity index (χ3n) is 5.00. The van der Waals surface area contributed by atoms with Crippen LogP contribution in [0.2, 0.25) is 0 Å². The highest BCUT2D eigenvalue weighted by atomic mass is 19.4. The maximum Gasteiger partial charge on any atom is 0.416 e. The fraction of sp³-hybridized carbons (Fsp3) is 0.292. The van der Waals surface area contributed by atoms with Gasteiger partial charge in [-0.2, -0.15) is 13.2 Å². The van der Waals surface area contributed by atoms with Crippen molar-refractivity contribution >= 4 is 11.8 Å². The van der Waals surface area contributed by atoms with Crippen molar-refractivity contribution in [2.24, 2.45) is 0 Å². The van der Waals surface area contributed by atoms with Crippen molar-refractivity contribution in [1.29, 1.82) is 0 Å². The van der Waals surface area contributed by atoms with Gasteiger partial charge in [-0.15, -0.1) is 0 Å². The van der Waals surface area contributed by atoms with Gasteiger partial charge in [-0.3, -0.25) is 4.79 Å².